The molecule has 0 spiro atoms. The molecule has 3 rings (SSSR count). The summed E-state index contributed by atoms with van der Waals surface area (Å²) in [4.78, 5) is 12.0. The molecule has 1 N–H and O–H groups in total. The Bertz CT molecular complexity index is 539. The number of carbonyl (C=O) groups is 1. The Labute approximate surface area is 133 Å². The zero-order valence-corrected chi connectivity index (χ0v) is 13.4. The number of halogens is 2. The van der Waals surface area contributed by atoms with Crippen LogP contribution >= 0.6 is 23.4 Å². The Balaban J connectivity index is 1.42. The number of hydrogen-bond acceptors (Lipinski definition) is 2. The highest BCUT2D eigenvalue weighted by Crippen LogP contribution is 2.44. The second-order valence-corrected chi connectivity index (χ2v) is 7.50. The zero-order valence-electron chi connectivity index (χ0n) is 11.8. The molecule has 2 nitrogen and oxygen atoms in total. The average molecular weight is 328 g/mol. The van der Waals surface area contributed by atoms with Crippen LogP contribution in [0.5, 0.6) is 0 Å². The molecule has 0 radical (unpaired) electrons. The molecule has 1 aromatic rings. The van der Waals surface area contributed by atoms with Gasteiger partial charge in [0.05, 0.1) is 5.75 Å². The van der Waals surface area contributed by atoms with Crippen molar-refractivity contribution in [1.82, 2.24) is 5.32 Å². The predicted molar refractivity (Wildman–Crippen MR) is 85.0 cm³/mol. The fourth-order valence-electron chi connectivity index (χ4n) is 3.56. The van der Waals surface area contributed by atoms with Crippen molar-refractivity contribution >= 4 is 29.3 Å². The van der Waals surface area contributed by atoms with Crippen LogP contribution in [-0.4, -0.2) is 17.7 Å². The van der Waals surface area contributed by atoms with E-state index >= 15 is 0 Å². The van der Waals surface area contributed by atoms with Gasteiger partial charge in [-0.25, -0.2) is 4.39 Å². The number of amides is 1. The summed E-state index contributed by atoms with van der Waals surface area (Å²) in [6.45, 7) is 0. The lowest BCUT2D eigenvalue weighted by Gasteiger charge is -2.22. The van der Waals surface area contributed by atoms with Gasteiger partial charge in [0.2, 0.25) is 5.91 Å². The van der Waals surface area contributed by atoms with E-state index < -0.39 is 0 Å². The molecule has 3 atom stereocenters. The van der Waals surface area contributed by atoms with Crippen LogP contribution in [0.2, 0.25) is 5.02 Å². The van der Waals surface area contributed by atoms with E-state index in [1.54, 1.807) is 12.1 Å². The van der Waals surface area contributed by atoms with E-state index in [0.717, 1.165) is 12.3 Å². The Kier molecular flexibility index (Phi) is 4.75. The van der Waals surface area contributed by atoms with E-state index in [2.05, 4.69) is 5.32 Å². The number of nitrogens with one attached hydrogen (secondary N) is 1. The van der Waals surface area contributed by atoms with Gasteiger partial charge in [-0.15, -0.1) is 11.8 Å². The smallest absolute Gasteiger partial charge is 0.230 e. The summed E-state index contributed by atoms with van der Waals surface area (Å²) in [6, 6.07) is 5.05. The molecule has 0 saturated heterocycles. The molecule has 1 aromatic carbocycles. The summed E-state index contributed by atoms with van der Waals surface area (Å²) in [6.07, 6.45) is 5.03. The first kappa shape index (κ1) is 15.2. The molecule has 1 amide bonds. The first-order valence-corrected chi connectivity index (χ1v) is 8.96. The minimum atomic E-state index is -0.302. The fourth-order valence-corrected chi connectivity index (χ4v) is 4.55. The molecule has 5 heteroatoms. The van der Waals surface area contributed by atoms with Crippen LogP contribution in [0.25, 0.3) is 0 Å². The number of carbonyl (C=O) groups excluding carboxylic acids is 1. The van der Waals surface area contributed by atoms with E-state index in [1.165, 1.54) is 37.1 Å². The summed E-state index contributed by atoms with van der Waals surface area (Å²) >= 11 is 7.16. The molecular weight excluding hydrogens is 309 g/mol. The SMILES string of the molecule is O=C(CSCc1ccc(Cl)cc1F)N[C@H]1C[C@H]2CC[C@@H]1C2. The molecule has 2 aliphatic carbocycles. The Morgan fingerprint density at radius 1 is 1.38 bits per heavy atom. The van der Waals surface area contributed by atoms with Gasteiger partial charge in [0.1, 0.15) is 5.82 Å². The van der Waals surface area contributed by atoms with Gasteiger partial charge in [0.15, 0.2) is 0 Å². The number of benzene rings is 1. The second kappa shape index (κ2) is 6.57. The molecule has 0 aromatic heterocycles. The second-order valence-electron chi connectivity index (χ2n) is 6.08. The monoisotopic (exact) mass is 327 g/mol. The van der Waals surface area contributed by atoms with Gasteiger partial charge in [-0.3, -0.25) is 4.79 Å². The van der Waals surface area contributed by atoms with Crippen LogP contribution in [0, 0.1) is 17.7 Å². The van der Waals surface area contributed by atoms with Crippen molar-refractivity contribution in [2.24, 2.45) is 11.8 Å². The van der Waals surface area contributed by atoms with Crippen LogP contribution in [0.4, 0.5) is 4.39 Å². The van der Waals surface area contributed by atoms with Crippen LogP contribution < -0.4 is 5.32 Å². The minimum Gasteiger partial charge on any atom is -0.352 e. The molecule has 0 heterocycles. The van der Waals surface area contributed by atoms with Crippen LogP contribution in [0.15, 0.2) is 18.2 Å². The van der Waals surface area contributed by atoms with Gasteiger partial charge in [-0.2, -0.15) is 0 Å². The molecule has 2 fully saturated rings. The average Bonchev–Trinajstić information content (AvgIpc) is 3.03. The van der Waals surface area contributed by atoms with Crippen molar-refractivity contribution in [2.45, 2.75) is 37.5 Å². The molecule has 21 heavy (non-hydrogen) atoms. The third-order valence-electron chi connectivity index (χ3n) is 4.59. The topological polar surface area (TPSA) is 29.1 Å². The van der Waals surface area contributed by atoms with E-state index in [1.807, 2.05) is 0 Å². The first-order chi connectivity index (χ1) is 10.1. The summed E-state index contributed by atoms with van der Waals surface area (Å²) < 4.78 is 13.6. The van der Waals surface area contributed by atoms with Crippen molar-refractivity contribution in [3.63, 3.8) is 0 Å². The molecular formula is C16H19ClFNOS. The van der Waals surface area contributed by atoms with Gasteiger partial charge in [0, 0.05) is 16.8 Å². The maximum absolute atomic E-state index is 13.6. The number of thioether (sulfide) groups is 1. The number of fused-ring (bicyclic) bond motifs is 2. The van der Waals surface area contributed by atoms with Crippen LogP contribution in [0.1, 0.15) is 31.2 Å². The summed E-state index contributed by atoms with van der Waals surface area (Å²) in [5.41, 5.74) is 0.595. The van der Waals surface area contributed by atoms with E-state index in [0.29, 0.717) is 34.1 Å². The highest BCUT2D eigenvalue weighted by atomic mass is 35.5. The maximum Gasteiger partial charge on any atom is 0.230 e. The molecule has 114 valence electrons. The Morgan fingerprint density at radius 2 is 2.24 bits per heavy atom. The first-order valence-electron chi connectivity index (χ1n) is 7.43. The van der Waals surface area contributed by atoms with Crippen molar-refractivity contribution in [1.29, 1.82) is 0 Å². The summed E-state index contributed by atoms with van der Waals surface area (Å²) in [7, 11) is 0. The van der Waals surface area contributed by atoms with Gasteiger partial charge in [0.25, 0.3) is 0 Å². The Morgan fingerprint density at radius 3 is 2.90 bits per heavy atom. The van der Waals surface area contributed by atoms with E-state index in [-0.39, 0.29) is 11.7 Å². The third kappa shape index (κ3) is 3.72. The van der Waals surface area contributed by atoms with Gasteiger partial charge in [-0.1, -0.05) is 24.1 Å². The lowest BCUT2D eigenvalue weighted by atomic mass is 9.95. The van der Waals surface area contributed by atoms with Gasteiger partial charge in [-0.05, 0) is 48.8 Å². The lowest BCUT2D eigenvalue weighted by molar-refractivity contribution is -0.119. The predicted octanol–water partition coefficient (Wildman–Crippen LogP) is 4.02. The van der Waals surface area contributed by atoms with Gasteiger partial charge < -0.3 is 5.32 Å². The Hall–Kier alpha value is -0.740. The number of hydrogen-bond donors (Lipinski definition) is 1. The maximum atomic E-state index is 13.6. The molecule has 2 aliphatic rings. The van der Waals surface area contributed by atoms with Crippen molar-refractivity contribution in [2.75, 3.05) is 5.75 Å². The zero-order chi connectivity index (χ0) is 14.8. The van der Waals surface area contributed by atoms with Crippen LogP contribution in [-0.2, 0) is 10.5 Å². The normalized spacial score (nSPS) is 27.0. The highest BCUT2D eigenvalue weighted by Gasteiger charge is 2.39. The molecule has 2 saturated carbocycles. The van der Waals surface area contributed by atoms with E-state index in [9.17, 15) is 9.18 Å². The van der Waals surface area contributed by atoms with Crippen molar-refractivity contribution in [3.8, 4) is 0 Å². The van der Waals surface area contributed by atoms with Crippen molar-refractivity contribution < 1.29 is 9.18 Å². The van der Waals surface area contributed by atoms with E-state index in [4.69, 9.17) is 11.6 Å². The summed E-state index contributed by atoms with van der Waals surface area (Å²) in [5.74, 6) is 2.17. The largest absolute Gasteiger partial charge is 0.352 e. The number of rotatable bonds is 5. The molecule has 0 aliphatic heterocycles. The summed E-state index contributed by atoms with van der Waals surface area (Å²) in [5, 5.41) is 3.54. The third-order valence-corrected chi connectivity index (χ3v) is 5.81. The van der Waals surface area contributed by atoms with Crippen LogP contribution in [0.3, 0.4) is 0 Å². The highest BCUT2D eigenvalue weighted by molar-refractivity contribution is 7.99. The quantitative estimate of drug-likeness (QED) is 0.885. The van der Waals surface area contributed by atoms with Crippen molar-refractivity contribution in [3.05, 3.63) is 34.6 Å². The molecule has 0 unspecified atom stereocenters. The fraction of sp³-hybridized carbons (Fsp3) is 0.562. The van der Waals surface area contributed by atoms with Gasteiger partial charge >= 0.3 is 0 Å². The minimum absolute atomic E-state index is 0.0759. The standard InChI is InChI=1S/C16H19ClFNOS/c17-13-4-3-12(14(18)7-13)8-21-9-16(20)19-15-6-10-1-2-11(15)5-10/h3-4,7,10-11,15H,1-2,5-6,8-9H2,(H,19,20)/t10-,11+,15-/m0/s1. The molecule has 2 bridgehead atoms. The lowest BCUT2D eigenvalue weighted by Crippen LogP contribution is -2.39.